The smallest absolute Gasteiger partial charge is 0.206 e. The molecule has 0 aliphatic carbocycles. The molecule has 2 aromatic rings. The van der Waals surface area contributed by atoms with Gasteiger partial charge in [-0.15, -0.1) is 11.3 Å². The molecule has 2 rings (SSSR count). The molecule has 1 aromatic heterocycles. The SMILES string of the molecule is COc1ccc(N)cc1C(=O)c1ccc(Cl)s1. The molecule has 0 saturated carbocycles. The zero-order valence-corrected chi connectivity index (χ0v) is 10.6. The zero-order chi connectivity index (χ0) is 12.4. The molecule has 0 aliphatic rings. The number of rotatable bonds is 3. The summed E-state index contributed by atoms with van der Waals surface area (Å²) in [4.78, 5) is 12.8. The largest absolute Gasteiger partial charge is 0.496 e. The standard InChI is InChI=1S/C12H10ClNO2S/c1-16-9-3-2-7(14)6-8(9)12(15)10-4-5-11(13)17-10/h2-6H,14H2,1H3. The number of nitrogens with two attached hydrogens (primary N) is 1. The van der Waals surface area contributed by atoms with E-state index in [9.17, 15) is 4.79 Å². The number of benzene rings is 1. The number of ether oxygens (including phenoxy) is 1. The first-order valence-electron chi connectivity index (χ1n) is 4.85. The summed E-state index contributed by atoms with van der Waals surface area (Å²) in [5.41, 5.74) is 6.65. The number of methoxy groups -OCH3 is 1. The highest BCUT2D eigenvalue weighted by Gasteiger charge is 2.16. The van der Waals surface area contributed by atoms with Crippen LogP contribution in [0, 0.1) is 0 Å². The van der Waals surface area contributed by atoms with Crippen LogP contribution in [0.25, 0.3) is 0 Å². The third-order valence-electron chi connectivity index (χ3n) is 2.27. The monoisotopic (exact) mass is 267 g/mol. The predicted octanol–water partition coefficient (Wildman–Crippen LogP) is 3.22. The molecular weight excluding hydrogens is 258 g/mol. The summed E-state index contributed by atoms with van der Waals surface area (Å²) in [7, 11) is 1.52. The molecule has 0 amide bonds. The van der Waals surface area contributed by atoms with Gasteiger partial charge >= 0.3 is 0 Å². The van der Waals surface area contributed by atoms with Crippen LogP contribution in [0.5, 0.6) is 5.75 Å². The Labute approximate surface area is 108 Å². The van der Waals surface area contributed by atoms with Crippen LogP contribution < -0.4 is 10.5 Å². The minimum atomic E-state index is -0.133. The average Bonchev–Trinajstić information content (AvgIpc) is 2.75. The minimum Gasteiger partial charge on any atom is -0.496 e. The van der Waals surface area contributed by atoms with Gasteiger partial charge in [0.2, 0.25) is 5.78 Å². The van der Waals surface area contributed by atoms with Gasteiger partial charge in [-0.05, 0) is 30.3 Å². The molecule has 1 aromatic carbocycles. The Morgan fingerprint density at radius 3 is 2.71 bits per heavy atom. The van der Waals surface area contributed by atoms with Crippen LogP contribution in [-0.2, 0) is 0 Å². The summed E-state index contributed by atoms with van der Waals surface area (Å²) in [6.45, 7) is 0. The van der Waals surface area contributed by atoms with Gasteiger partial charge in [0.15, 0.2) is 0 Å². The number of anilines is 1. The third-order valence-corrected chi connectivity index (χ3v) is 3.50. The molecule has 3 nitrogen and oxygen atoms in total. The number of carbonyl (C=O) groups excluding carboxylic acids is 1. The molecule has 2 N–H and O–H groups in total. The molecule has 0 radical (unpaired) electrons. The molecule has 0 saturated heterocycles. The molecule has 0 atom stereocenters. The second kappa shape index (κ2) is 4.77. The van der Waals surface area contributed by atoms with E-state index < -0.39 is 0 Å². The third kappa shape index (κ3) is 2.43. The van der Waals surface area contributed by atoms with Crippen molar-refractivity contribution < 1.29 is 9.53 Å². The summed E-state index contributed by atoms with van der Waals surface area (Å²) in [5, 5.41) is 0. The number of ketones is 1. The summed E-state index contributed by atoms with van der Waals surface area (Å²) in [6, 6.07) is 8.36. The van der Waals surface area contributed by atoms with Gasteiger partial charge in [-0.3, -0.25) is 4.79 Å². The summed E-state index contributed by atoms with van der Waals surface area (Å²) < 4.78 is 5.72. The normalized spacial score (nSPS) is 10.2. The molecular formula is C12H10ClNO2S. The predicted molar refractivity (Wildman–Crippen MR) is 70.2 cm³/mol. The van der Waals surface area contributed by atoms with Crippen LogP contribution in [0.1, 0.15) is 15.2 Å². The first-order chi connectivity index (χ1) is 8.11. The lowest BCUT2D eigenvalue weighted by molar-refractivity contribution is 0.103. The first-order valence-corrected chi connectivity index (χ1v) is 6.05. The van der Waals surface area contributed by atoms with E-state index in [2.05, 4.69) is 0 Å². The van der Waals surface area contributed by atoms with Crippen molar-refractivity contribution in [2.45, 2.75) is 0 Å². The Bertz CT molecular complexity index is 565. The Balaban J connectivity index is 2.46. The molecule has 0 aliphatic heterocycles. The van der Waals surface area contributed by atoms with Gasteiger partial charge in [0.05, 0.1) is 21.9 Å². The van der Waals surface area contributed by atoms with Gasteiger partial charge in [-0.2, -0.15) is 0 Å². The maximum Gasteiger partial charge on any atom is 0.206 e. The quantitative estimate of drug-likeness (QED) is 0.686. The van der Waals surface area contributed by atoms with E-state index >= 15 is 0 Å². The maximum atomic E-state index is 12.2. The van der Waals surface area contributed by atoms with Gasteiger partial charge in [0.25, 0.3) is 0 Å². The van der Waals surface area contributed by atoms with Crippen molar-refractivity contribution in [2.24, 2.45) is 0 Å². The lowest BCUT2D eigenvalue weighted by atomic mass is 10.1. The highest BCUT2D eigenvalue weighted by Crippen LogP contribution is 2.28. The van der Waals surface area contributed by atoms with Crippen molar-refractivity contribution in [2.75, 3.05) is 12.8 Å². The van der Waals surface area contributed by atoms with Crippen molar-refractivity contribution in [1.82, 2.24) is 0 Å². The molecule has 0 spiro atoms. The van der Waals surface area contributed by atoms with Crippen molar-refractivity contribution in [3.05, 3.63) is 45.1 Å². The fraction of sp³-hybridized carbons (Fsp3) is 0.0833. The molecule has 0 bridgehead atoms. The number of thiophene rings is 1. The van der Waals surface area contributed by atoms with Crippen LogP contribution in [0.4, 0.5) is 5.69 Å². The van der Waals surface area contributed by atoms with Gasteiger partial charge in [-0.1, -0.05) is 11.6 Å². The fourth-order valence-electron chi connectivity index (χ4n) is 1.47. The maximum absolute atomic E-state index is 12.2. The molecule has 0 fully saturated rings. The molecule has 1 heterocycles. The average molecular weight is 268 g/mol. The fourth-order valence-corrected chi connectivity index (χ4v) is 2.47. The van der Waals surface area contributed by atoms with E-state index in [1.54, 1.807) is 30.3 Å². The first kappa shape index (κ1) is 12.0. The molecule has 88 valence electrons. The van der Waals surface area contributed by atoms with Crippen molar-refractivity contribution in [1.29, 1.82) is 0 Å². The van der Waals surface area contributed by atoms with Crippen molar-refractivity contribution >= 4 is 34.4 Å². The Morgan fingerprint density at radius 1 is 1.35 bits per heavy atom. The number of carbonyl (C=O) groups is 1. The second-order valence-electron chi connectivity index (χ2n) is 3.39. The molecule has 0 unspecified atom stereocenters. The van der Waals surface area contributed by atoms with Crippen molar-refractivity contribution in [3.8, 4) is 5.75 Å². The number of halogens is 1. The van der Waals surface area contributed by atoms with Crippen LogP contribution in [0.2, 0.25) is 4.34 Å². The van der Waals surface area contributed by atoms with E-state index in [0.717, 1.165) is 0 Å². The van der Waals surface area contributed by atoms with E-state index in [0.29, 0.717) is 26.2 Å². The molecule has 5 heteroatoms. The van der Waals surface area contributed by atoms with E-state index in [4.69, 9.17) is 22.1 Å². The van der Waals surface area contributed by atoms with Gasteiger partial charge in [0.1, 0.15) is 5.75 Å². The number of nitrogen functional groups attached to an aromatic ring is 1. The van der Waals surface area contributed by atoms with Crippen LogP contribution >= 0.6 is 22.9 Å². The minimum absolute atomic E-state index is 0.133. The van der Waals surface area contributed by atoms with E-state index in [-0.39, 0.29) is 5.78 Å². The van der Waals surface area contributed by atoms with Crippen LogP contribution in [-0.4, -0.2) is 12.9 Å². The topological polar surface area (TPSA) is 52.3 Å². The van der Waals surface area contributed by atoms with Crippen molar-refractivity contribution in [3.63, 3.8) is 0 Å². The zero-order valence-electron chi connectivity index (χ0n) is 9.07. The lowest BCUT2D eigenvalue weighted by Crippen LogP contribution is -2.03. The van der Waals surface area contributed by atoms with Gasteiger partial charge < -0.3 is 10.5 Å². The summed E-state index contributed by atoms with van der Waals surface area (Å²) in [6.07, 6.45) is 0. The Hall–Kier alpha value is -1.52. The van der Waals surface area contributed by atoms with E-state index in [1.807, 2.05) is 0 Å². The highest BCUT2D eigenvalue weighted by molar-refractivity contribution is 7.18. The highest BCUT2D eigenvalue weighted by atomic mass is 35.5. The van der Waals surface area contributed by atoms with Crippen LogP contribution in [0.15, 0.2) is 30.3 Å². The summed E-state index contributed by atoms with van der Waals surface area (Å²) in [5.74, 6) is 0.375. The van der Waals surface area contributed by atoms with Gasteiger partial charge in [-0.25, -0.2) is 0 Å². The number of hydrogen-bond donors (Lipinski definition) is 1. The van der Waals surface area contributed by atoms with Gasteiger partial charge in [0, 0.05) is 5.69 Å². The lowest BCUT2D eigenvalue weighted by Gasteiger charge is -2.07. The second-order valence-corrected chi connectivity index (χ2v) is 5.11. The summed E-state index contributed by atoms with van der Waals surface area (Å²) >= 11 is 7.04. The van der Waals surface area contributed by atoms with E-state index in [1.165, 1.54) is 18.4 Å². The molecule has 17 heavy (non-hydrogen) atoms. The number of hydrogen-bond acceptors (Lipinski definition) is 4. The Morgan fingerprint density at radius 2 is 2.12 bits per heavy atom. The Kier molecular flexibility index (Phi) is 3.36. The van der Waals surface area contributed by atoms with Crippen LogP contribution in [0.3, 0.4) is 0 Å².